The topological polar surface area (TPSA) is 23.8 Å². The first-order valence-electron chi connectivity index (χ1n) is 4.32. The van der Waals surface area contributed by atoms with Gasteiger partial charge in [-0.3, -0.25) is 0 Å². The summed E-state index contributed by atoms with van der Waals surface area (Å²) in [5, 5.41) is 8.68. The molecule has 1 rings (SSSR count). The first-order chi connectivity index (χ1) is 6.27. The van der Waals surface area contributed by atoms with Gasteiger partial charge in [0.25, 0.3) is 0 Å². The minimum Gasteiger partial charge on any atom is -0.192 e. The second-order valence-corrected chi connectivity index (χ2v) is 3.17. The van der Waals surface area contributed by atoms with E-state index >= 15 is 0 Å². The maximum atomic E-state index is 8.68. The first-order valence-corrected chi connectivity index (χ1v) is 5.55. The van der Waals surface area contributed by atoms with Crippen LogP contribution in [0.1, 0.15) is 25.0 Å². The van der Waals surface area contributed by atoms with Gasteiger partial charge in [-0.15, -0.1) is 11.8 Å². The third-order valence-corrected chi connectivity index (χ3v) is 2.29. The SMILES string of the molecule is CC.CSc1ccc(C)c(C#N)c1. The van der Waals surface area contributed by atoms with E-state index in [9.17, 15) is 0 Å². The normalized spacial score (nSPS) is 8.23. The van der Waals surface area contributed by atoms with Gasteiger partial charge in [-0.1, -0.05) is 19.9 Å². The number of thioether (sulfide) groups is 1. The summed E-state index contributed by atoms with van der Waals surface area (Å²) in [6.07, 6.45) is 2.01. The summed E-state index contributed by atoms with van der Waals surface area (Å²) < 4.78 is 0. The van der Waals surface area contributed by atoms with Gasteiger partial charge in [0.15, 0.2) is 0 Å². The lowest BCUT2D eigenvalue weighted by Crippen LogP contribution is -1.81. The molecule has 2 heteroatoms. The molecule has 0 aromatic heterocycles. The summed E-state index contributed by atoms with van der Waals surface area (Å²) in [5.41, 5.74) is 1.82. The molecule has 70 valence electrons. The molecule has 0 atom stereocenters. The lowest BCUT2D eigenvalue weighted by atomic mass is 10.1. The smallest absolute Gasteiger partial charge is 0.0994 e. The molecule has 0 saturated carbocycles. The summed E-state index contributed by atoms with van der Waals surface area (Å²) in [5.74, 6) is 0. The van der Waals surface area contributed by atoms with E-state index in [1.165, 1.54) is 0 Å². The number of hydrogen-bond donors (Lipinski definition) is 0. The number of nitriles is 1. The van der Waals surface area contributed by atoms with Crippen molar-refractivity contribution in [3.8, 4) is 6.07 Å². The number of benzene rings is 1. The van der Waals surface area contributed by atoms with Crippen LogP contribution in [-0.2, 0) is 0 Å². The van der Waals surface area contributed by atoms with Crippen LogP contribution in [0.5, 0.6) is 0 Å². The summed E-state index contributed by atoms with van der Waals surface area (Å²) in [6.45, 7) is 5.95. The van der Waals surface area contributed by atoms with Gasteiger partial charge in [-0.2, -0.15) is 5.26 Å². The van der Waals surface area contributed by atoms with Crippen molar-refractivity contribution >= 4 is 11.8 Å². The fraction of sp³-hybridized carbons (Fsp3) is 0.364. The Morgan fingerprint density at radius 1 is 1.31 bits per heavy atom. The lowest BCUT2D eigenvalue weighted by molar-refractivity contribution is 1.33. The van der Waals surface area contributed by atoms with Gasteiger partial charge >= 0.3 is 0 Å². The van der Waals surface area contributed by atoms with Crippen molar-refractivity contribution in [3.05, 3.63) is 29.3 Å². The molecular formula is C11H15NS. The maximum absolute atomic E-state index is 8.68. The second-order valence-electron chi connectivity index (χ2n) is 2.29. The molecule has 0 aliphatic heterocycles. The first kappa shape index (κ1) is 12.1. The van der Waals surface area contributed by atoms with Crippen LogP contribution in [0.3, 0.4) is 0 Å². The fourth-order valence-electron chi connectivity index (χ4n) is 0.849. The molecule has 0 N–H and O–H groups in total. The predicted molar refractivity (Wildman–Crippen MR) is 59.0 cm³/mol. The molecule has 0 aliphatic rings. The van der Waals surface area contributed by atoms with Crippen LogP contribution in [0.4, 0.5) is 0 Å². The Hall–Kier alpha value is -0.940. The van der Waals surface area contributed by atoms with E-state index in [2.05, 4.69) is 6.07 Å². The molecule has 0 aliphatic carbocycles. The highest BCUT2D eigenvalue weighted by Gasteiger charge is 1.96. The maximum Gasteiger partial charge on any atom is 0.0994 e. The van der Waals surface area contributed by atoms with Gasteiger partial charge in [0, 0.05) is 4.90 Å². The molecule has 0 radical (unpaired) electrons. The van der Waals surface area contributed by atoms with Gasteiger partial charge in [-0.05, 0) is 30.9 Å². The summed E-state index contributed by atoms with van der Waals surface area (Å²) in [4.78, 5) is 1.15. The van der Waals surface area contributed by atoms with E-state index in [1.54, 1.807) is 11.8 Å². The van der Waals surface area contributed by atoms with Crippen molar-refractivity contribution in [2.24, 2.45) is 0 Å². The Balaban J connectivity index is 0.000000671. The minimum atomic E-state index is 0.775. The van der Waals surface area contributed by atoms with E-state index in [0.717, 1.165) is 16.0 Å². The van der Waals surface area contributed by atoms with Crippen LogP contribution in [0.2, 0.25) is 0 Å². The number of hydrogen-bond acceptors (Lipinski definition) is 2. The fourth-order valence-corrected chi connectivity index (χ4v) is 1.29. The standard InChI is InChI=1S/C9H9NS.C2H6/c1-7-3-4-9(11-2)5-8(7)6-10;1-2/h3-5H,1-2H3;1-2H3. The Kier molecular flexibility index (Phi) is 6.09. The highest BCUT2D eigenvalue weighted by atomic mass is 32.2. The van der Waals surface area contributed by atoms with E-state index in [1.807, 2.05) is 45.2 Å². The van der Waals surface area contributed by atoms with Gasteiger partial charge in [-0.25, -0.2) is 0 Å². The van der Waals surface area contributed by atoms with E-state index < -0.39 is 0 Å². The van der Waals surface area contributed by atoms with Crippen molar-refractivity contribution in [1.82, 2.24) is 0 Å². The number of nitrogens with zero attached hydrogens (tertiary/aromatic N) is 1. The van der Waals surface area contributed by atoms with Crippen molar-refractivity contribution in [1.29, 1.82) is 5.26 Å². The molecule has 1 aromatic rings. The van der Waals surface area contributed by atoms with E-state index in [4.69, 9.17) is 5.26 Å². The Bertz CT molecular complexity index is 299. The second kappa shape index (κ2) is 6.56. The molecule has 1 aromatic carbocycles. The van der Waals surface area contributed by atoms with E-state index in [-0.39, 0.29) is 0 Å². The quantitative estimate of drug-likeness (QED) is 0.636. The van der Waals surface area contributed by atoms with Crippen LogP contribution in [-0.4, -0.2) is 6.26 Å². The van der Waals surface area contributed by atoms with Crippen molar-refractivity contribution in [2.45, 2.75) is 25.7 Å². The molecule has 0 saturated heterocycles. The predicted octanol–water partition coefficient (Wildman–Crippen LogP) is 3.61. The number of aryl methyl sites for hydroxylation is 1. The molecule has 0 unspecified atom stereocenters. The van der Waals surface area contributed by atoms with Crippen LogP contribution < -0.4 is 0 Å². The van der Waals surface area contributed by atoms with Gasteiger partial charge in [0.2, 0.25) is 0 Å². The number of rotatable bonds is 1. The summed E-state index contributed by atoms with van der Waals surface area (Å²) >= 11 is 1.66. The van der Waals surface area contributed by atoms with Gasteiger partial charge in [0.1, 0.15) is 0 Å². The zero-order valence-electron chi connectivity index (χ0n) is 8.59. The molecule has 0 fully saturated rings. The summed E-state index contributed by atoms with van der Waals surface area (Å²) in [6, 6.07) is 8.08. The highest BCUT2D eigenvalue weighted by Crippen LogP contribution is 2.17. The third kappa shape index (κ3) is 3.52. The summed E-state index contributed by atoms with van der Waals surface area (Å²) in [7, 11) is 0. The zero-order chi connectivity index (χ0) is 10.3. The molecular weight excluding hydrogens is 178 g/mol. The minimum absolute atomic E-state index is 0.775. The van der Waals surface area contributed by atoms with Crippen molar-refractivity contribution in [3.63, 3.8) is 0 Å². The molecule has 0 bridgehead atoms. The van der Waals surface area contributed by atoms with Crippen LogP contribution in [0.25, 0.3) is 0 Å². The average Bonchev–Trinajstić information content (AvgIpc) is 2.22. The van der Waals surface area contributed by atoms with Crippen molar-refractivity contribution < 1.29 is 0 Å². The van der Waals surface area contributed by atoms with Gasteiger partial charge < -0.3 is 0 Å². The Labute approximate surface area is 84.8 Å². The van der Waals surface area contributed by atoms with Crippen LogP contribution in [0.15, 0.2) is 23.1 Å². The molecule has 0 heterocycles. The molecule has 13 heavy (non-hydrogen) atoms. The molecule has 0 spiro atoms. The largest absolute Gasteiger partial charge is 0.192 e. The zero-order valence-corrected chi connectivity index (χ0v) is 9.40. The Morgan fingerprint density at radius 2 is 1.92 bits per heavy atom. The average molecular weight is 193 g/mol. The molecule has 0 amide bonds. The van der Waals surface area contributed by atoms with Crippen LogP contribution >= 0.6 is 11.8 Å². The lowest BCUT2D eigenvalue weighted by Gasteiger charge is -1.98. The van der Waals surface area contributed by atoms with Crippen LogP contribution in [0, 0.1) is 18.3 Å². The van der Waals surface area contributed by atoms with Gasteiger partial charge in [0.05, 0.1) is 11.6 Å². The third-order valence-electron chi connectivity index (χ3n) is 1.57. The van der Waals surface area contributed by atoms with E-state index in [0.29, 0.717) is 0 Å². The molecule has 1 nitrogen and oxygen atoms in total. The van der Waals surface area contributed by atoms with Crippen molar-refractivity contribution in [2.75, 3.05) is 6.26 Å². The monoisotopic (exact) mass is 193 g/mol. The highest BCUT2D eigenvalue weighted by molar-refractivity contribution is 7.98. The Morgan fingerprint density at radius 3 is 2.38 bits per heavy atom.